The lowest BCUT2D eigenvalue weighted by molar-refractivity contribution is -0.171. The van der Waals surface area contributed by atoms with Crippen molar-refractivity contribution in [3.63, 3.8) is 0 Å². The molecule has 0 aliphatic rings. The van der Waals surface area contributed by atoms with Crippen LogP contribution in [-0.4, -0.2) is 207 Å². The van der Waals surface area contributed by atoms with E-state index in [1.54, 1.807) is 27.7 Å². The molecule has 0 aromatic heterocycles. The van der Waals surface area contributed by atoms with E-state index in [-0.39, 0.29) is 143 Å². The summed E-state index contributed by atoms with van der Waals surface area (Å²) in [5.74, 6) is -6.21. The number of hydrogen-bond donors (Lipinski definition) is 2. The van der Waals surface area contributed by atoms with Gasteiger partial charge in [-0.15, -0.1) is 0 Å². The minimum atomic E-state index is -1.64. The van der Waals surface area contributed by atoms with Gasteiger partial charge in [-0.2, -0.15) is 20.2 Å². The largest absolute Gasteiger partial charge is 0.466 e. The number of rotatable bonds is 66. The van der Waals surface area contributed by atoms with E-state index in [0.717, 1.165) is 0 Å². The predicted octanol–water partition coefficient (Wildman–Crippen LogP) is 8.40. The van der Waals surface area contributed by atoms with E-state index in [4.69, 9.17) is 66.8 Å². The van der Waals surface area contributed by atoms with E-state index < -0.39 is 128 Å². The smallest absolute Gasteiger partial charge is 0.407 e. The van der Waals surface area contributed by atoms with Crippen LogP contribution in [0.15, 0.2) is 15.0 Å². The Morgan fingerprint density at radius 2 is 0.590 bits per heavy atom. The number of alkyl carbamates (subject to hydrolysis) is 2. The molecule has 0 saturated heterocycles. The summed E-state index contributed by atoms with van der Waals surface area (Å²) in [6.07, 6.45) is 13.3. The van der Waals surface area contributed by atoms with Crippen molar-refractivity contribution >= 4 is 90.1 Å². The summed E-state index contributed by atoms with van der Waals surface area (Å²) in [7, 11) is 0. The summed E-state index contributed by atoms with van der Waals surface area (Å²) in [6.45, 7) is 5.45. The second kappa shape index (κ2) is 65.4. The van der Waals surface area contributed by atoms with Crippen LogP contribution in [0.25, 0.3) is 0 Å². The Hall–Kier alpha value is -9.33. The first kappa shape index (κ1) is 95.7. The zero-order chi connectivity index (χ0) is 77.8. The highest BCUT2D eigenvalue weighted by Crippen LogP contribution is 2.24. The molecule has 2 N–H and O–H groups in total. The number of nitrogens with one attached hydrogen (secondary N) is 2. The average molecular weight is 1500 g/mol. The molecule has 105 heavy (non-hydrogen) atoms. The minimum absolute atomic E-state index is 0.0164. The molecule has 0 spiro atoms. The van der Waals surface area contributed by atoms with Crippen LogP contribution in [-0.2, 0) is 124 Å². The van der Waals surface area contributed by atoms with Gasteiger partial charge >= 0.3 is 71.9 Å². The fraction of sp³-hybridized carbons (Fsp3) is 0.775. The van der Waals surface area contributed by atoms with Crippen LogP contribution in [0.4, 0.5) is 9.59 Å². The maximum atomic E-state index is 13.4. The van der Waals surface area contributed by atoms with Gasteiger partial charge in [-0.1, -0.05) is 19.3 Å². The monoisotopic (exact) mass is 1490 g/mol. The second-order valence-corrected chi connectivity index (χ2v) is 24.1. The zero-order valence-corrected chi connectivity index (χ0v) is 61.6. The van der Waals surface area contributed by atoms with Crippen molar-refractivity contribution < 1.29 is 133 Å². The number of nitrogens with zero attached hydrogens (tertiary/aromatic N) is 4. The molecular weight excluding hydrogens is 1380 g/mol. The van der Waals surface area contributed by atoms with E-state index in [1.165, 1.54) is 24.5 Å². The topological polar surface area (TPSA) is 461 Å². The van der Waals surface area contributed by atoms with Crippen LogP contribution in [0.2, 0.25) is 0 Å². The summed E-state index contributed by atoms with van der Waals surface area (Å²) in [4.78, 5) is 194. The van der Waals surface area contributed by atoms with Crippen LogP contribution in [0, 0.1) is 16.9 Å². The van der Waals surface area contributed by atoms with Crippen LogP contribution in [0.5, 0.6) is 0 Å². The normalized spacial score (nSPS) is 12.2. The van der Waals surface area contributed by atoms with Crippen molar-refractivity contribution in [1.82, 2.24) is 10.6 Å². The number of aliphatic imine (C=N–C) groups is 3. The minimum Gasteiger partial charge on any atom is -0.466 e. The molecule has 0 aliphatic heterocycles. The van der Waals surface area contributed by atoms with Gasteiger partial charge in [0.05, 0.1) is 52.9 Å². The highest BCUT2D eigenvalue weighted by atomic mass is 16.6. The van der Waals surface area contributed by atoms with Crippen LogP contribution in [0.3, 0.4) is 0 Å². The Kier molecular flexibility index (Phi) is 59.6. The van der Waals surface area contributed by atoms with Crippen LogP contribution >= 0.6 is 0 Å². The molecule has 0 aromatic rings. The molecule has 0 radical (unpaired) electrons. The maximum Gasteiger partial charge on any atom is 0.407 e. The van der Waals surface area contributed by atoms with Gasteiger partial charge in [-0.05, 0) is 175 Å². The van der Waals surface area contributed by atoms with E-state index in [1.807, 2.05) is 0 Å². The summed E-state index contributed by atoms with van der Waals surface area (Å²) in [5, 5.41) is 14.0. The Balaban J connectivity index is 5.97. The second-order valence-electron chi connectivity index (χ2n) is 24.1. The van der Waals surface area contributed by atoms with Gasteiger partial charge < -0.3 is 72.2 Å². The molecule has 34 nitrogen and oxygen atoms in total. The van der Waals surface area contributed by atoms with Gasteiger partial charge in [-0.25, -0.2) is 43.2 Å². The van der Waals surface area contributed by atoms with Gasteiger partial charge in [0.2, 0.25) is 24.3 Å². The van der Waals surface area contributed by atoms with Crippen molar-refractivity contribution in [2.24, 2.45) is 20.4 Å². The van der Waals surface area contributed by atoms with E-state index in [0.29, 0.717) is 128 Å². The average Bonchev–Trinajstić information content (AvgIpc) is 0.851. The summed E-state index contributed by atoms with van der Waals surface area (Å²) >= 11 is 0. The molecule has 0 aliphatic carbocycles. The highest BCUT2D eigenvalue weighted by Gasteiger charge is 2.38. The fourth-order valence-corrected chi connectivity index (χ4v) is 9.62. The first-order valence-electron chi connectivity index (χ1n) is 36.4. The first-order chi connectivity index (χ1) is 50.8. The van der Waals surface area contributed by atoms with Crippen molar-refractivity contribution in [2.45, 2.75) is 257 Å². The lowest BCUT2D eigenvalue weighted by atomic mass is 9.92. The lowest BCUT2D eigenvalue weighted by Gasteiger charge is -2.31. The van der Waals surface area contributed by atoms with E-state index in [9.17, 15) is 71.9 Å². The number of amides is 2. The number of nitriles is 1. The molecule has 2 amide bonds. The van der Waals surface area contributed by atoms with Gasteiger partial charge in [0.1, 0.15) is 31.8 Å². The van der Waals surface area contributed by atoms with Crippen molar-refractivity contribution in [2.75, 3.05) is 92.4 Å². The van der Waals surface area contributed by atoms with Gasteiger partial charge in [0.15, 0.2) is 18.1 Å². The van der Waals surface area contributed by atoms with Gasteiger partial charge in [-0.3, -0.25) is 28.8 Å². The van der Waals surface area contributed by atoms with Crippen molar-refractivity contribution in [3.05, 3.63) is 0 Å². The number of hydrogen-bond acceptors (Lipinski definition) is 32. The molecule has 0 fully saturated rings. The third-order valence-corrected chi connectivity index (χ3v) is 15.3. The molecule has 4 atom stereocenters. The summed E-state index contributed by atoms with van der Waals surface area (Å²) < 4.78 is 68.5. The number of ether oxygens (including phenoxy) is 13. The van der Waals surface area contributed by atoms with Crippen molar-refractivity contribution in [1.29, 1.82) is 5.26 Å². The number of isocyanates is 3. The summed E-state index contributed by atoms with van der Waals surface area (Å²) in [6, 6.07) is -2.93. The van der Waals surface area contributed by atoms with Crippen LogP contribution in [0.1, 0.15) is 233 Å². The highest BCUT2D eigenvalue weighted by molar-refractivity contribution is 5.78. The van der Waals surface area contributed by atoms with Crippen molar-refractivity contribution in [3.8, 4) is 6.26 Å². The van der Waals surface area contributed by atoms with Gasteiger partial charge in [0, 0.05) is 51.6 Å². The first-order valence-corrected chi connectivity index (χ1v) is 36.4. The maximum absolute atomic E-state index is 13.4. The molecule has 0 bridgehead atoms. The number of esters is 10. The molecule has 0 heterocycles. The van der Waals surface area contributed by atoms with Gasteiger partial charge in [0.25, 0.3) is 6.26 Å². The predicted molar refractivity (Wildman–Crippen MR) is 367 cm³/mol. The summed E-state index contributed by atoms with van der Waals surface area (Å²) in [5.41, 5.74) is -1.64. The molecule has 34 heteroatoms. The molecule has 0 saturated carbocycles. The van der Waals surface area contributed by atoms with Crippen LogP contribution < -0.4 is 10.6 Å². The van der Waals surface area contributed by atoms with E-state index in [2.05, 4.69) is 25.6 Å². The molecule has 4 unspecified atom stereocenters. The number of carbonyl (C=O) groups excluding carboxylic acids is 15. The van der Waals surface area contributed by atoms with E-state index >= 15 is 0 Å². The Morgan fingerprint density at radius 1 is 0.324 bits per heavy atom. The Labute approximate surface area is 613 Å². The number of carbonyl (C=O) groups is 12. The third kappa shape index (κ3) is 54.0. The lowest BCUT2D eigenvalue weighted by Crippen LogP contribution is -2.44. The molecule has 0 rings (SSSR count). The zero-order valence-electron chi connectivity index (χ0n) is 61.6. The molecule has 592 valence electrons. The SMILES string of the molecule is CCOC(=O)C(CCCCCC(=O)OCCCCCC(=O)OCC(COC(=O)CCCCCOC(=O)CCCCCC(OC#N)C(=O)OCC)(COC(=O)CCCCCOC(=O)NCCCCC(N=C=O)C(=O)OCC)COC(=O)CCCCCOC(=O)NCCCCC(N=C=O)C(=O)OCC)N=C=O. The Morgan fingerprint density at radius 3 is 0.886 bits per heavy atom. The number of unbranched alkanes of at least 4 members (excludes halogenated alkanes) is 14. The molecular formula is C71H110N6O28. The fourth-order valence-electron chi connectivity index (χ4n) is 9.62. The Bertz CT molecular complexity index is 2530. The standard InChI is InChI=1S/C71H110N6O28/c1-5-93-65(87)55(75-52-78)31-15-9-17-35-59(81)97-43-27-11-19-37-61(83)101-47-71(48-102-62(84)38-20-12-28-44-98-60(82)36-18-10-16-34-58(105-51-72)68(90)96-8-4,49-103-63(85)39-21-13-29-45-99-69(91)73-41-25-23-32-56(76-53-79)66(88)94-6-2)50-104-64(86)40-22-14-30-46-100-70(92)74-42-26-24-33-57(77-54-80)67(89)95-7-3/h55-58H,5-50H2,1-4H3,(H,73,91)(H,74,92). The quantitative estimate of drug-likeness (QED) is 0.0144. The molecule has 0 aromatic carbocycles. The third-order valence-electron chi connectivity index (χ3n) is 15.3.